The van der Waals surface area contributed by atoms with Crippen molar-refractivity contribution in [1.82, 2.24) is 15.5 Å². The first-order valence-electron chi connectivity index (χ1n) is 10.9. The van der Waals surface area contributed by atoms with E-state index in [1.165, 1.54) is 25.1 Å². The molecule has 1 saturated carbocycles. The molecular formula is C22H28ClF4N3O2. The van der Waals surface area contributed by atoms with E-state index < -0.39 is 35.9 Å². The van der Waals surface area contributed by atoms with Crippen LogP contribution in [0.4, 0.5) is 22.4 Å². The van der Waals surface area contributed by atoms with Crippen LogP contribution in [0.15, 0.2) is 18.2 Å². The van der Waals surface area contributed by atoms with E-state index in [0.29, 0.717) is 38.8 Å². The molecule has 1 aromatic carbocycles. The lowest BCUT2D eigenvalue weighted by molar-refractivity contribution is -0.186. The van der Waals surface area contributed by atoms with Gasteiger partial charge in [0.15, 0.2) is 0 Å². The minimum Gasteiger partial charge on any atom is -0.343 e. The number of hydrogen-bond acceptors (Lipinski definition) is 2. The number of carbonyl (C=O) groups is 2. The fourth-order valence-electron chi connectivity index (χ4n) is 4.74. The van der Waals surface area contributed by atoms with Crippen LogP contribution in [0.1, 0.15) is 57.1 Å². The number of alkyl halides is 3. The van der Waals surface area contributed by atoms with Crippen molar-refractivity contribution in [3.8, 4) is 0 Å². The Balaban J connectivity index is 1.74. The van der Waals surface area contributed by atoms with Crippen LogP contribution in [0, 0.1) is 17.7 Å². The van der Waals surface area contributed by atoms with Gasteiger partial charge in [-0.25, -0.2) is 9.18 Å². The van der Waals surface area contributed by atoms with Gasteiger partial charge in [0.05, 0.1) is 12.0 Å². The van der Waals surface area contributed by atoms with Crippen molar-refractivity contribution in [2.75, 3.05) is 13.1 Å². The molecule has 1 aromatic rings. The standard InChI is InChI=1S/C22H28ClF4N3O2/c1-13(31)30-9-7-17(8-10-30)28-21(32)29-20(18-12-16(24)5-6-19(18)23)14-3-2-4-15(11-14)22(25,26)27/h5-6,12,14-15,17,20H,2-4,7-11H2,1H3,(H2,28,29,32). The zero-order chi connectivity index (χ0) is 23.5. The molecule has 1 saturated heterocycles. The lowest BCUT2D eigenvalue weighted by Gasteiger charge is -2.37. The third-order valence-corrected chi connectivity index (χ3v) is 6.85. The minimum absolute atomic E-state index is 0.0229. The van der Waals surface area contributed by atoms with Gasteiger partial charge in [-0.2, -0.15) is 13.2 Å². The molecule has 5 nitrogen and oxygen atoms in total. The van der Waals surface area contributed by atoms with Crippen molar-refractivity contribution in [1.29, 1.82) is 0 Å². The summed E-state index contributed by atoms with van der Waals surface area (Å²) in [5, 5.41) is 5.82. The Hall–Kier alpha value is -2.03. The van der Waals surface area contributed by atoms with Crippen LogP contribution in [-0.2, 0) is 4.79 Å². The summed E-state index contributed by atoms with van der Waals surface area (Å²) < 4.78 is 54.1. The zero-order valence-electron chi connectivity index (χ0n) is 17.9. The molecule has 0 spiro atoms. The average Bonchev–Trinajstić information content (AvgIpc) is 2.74. The molecular weight excluding hydrogens is 450 g/mol. The van der Waals surface area contributed by atoms with Gasteiger partial charge in [0, 0.05) is 31.1 Å². The monoisotopic (exact) mass is 477 g/mol. The number of carbonyl (C=O) groups excluding carboxylic acids is 2. The van der Waals surface area contributed by atoms with Gasteiger partial charge < -0.3 is 15.5 Å². The first-order chi connectivity index (χ1) is 15.0. The summed E-state index contributed by atoms with van der Waals surface area (Å²) in [6.45, 7) is 2.54. The molecule has 0 aromatic heterocycles. The number of benzene rings is 1. The number of nitrogens with one attached hydrogen (secondary N) is 2. The summed E-state index contributed by atoms with van der Waals surface area (Å²) in [6.07, 6.45) is -2.42. The van der Waals surface area contributed by atoms with E-state index in [9.17, 15) is 27.2 Å². The highest BCUT2D eigenvalue weighted by atomic mass is 35.5. The summed E-state index contributed by atoms with van der Waals surface area (Å²) >= 11 is 6.26. The van der Waals surface area contributed by atoms with E-state index in [0.717, 1.165) is 0 Å². The second-order valence-corrected chi connectivity index (χ2v) is 9.11. The van der Waals surface area contributed by atoms with Gasteiger partial charge in [-0.15, -0.1) is 0 Å². The number of rotatable bonds is 4. The number of piperidine rings is 1. The highest BCUT2D eigenvalue weighted by Gasteiger charge is 2.44. The number of nitrogens with zero attached hydrogens (tertiary/aromatic N) is 1. The summed E-state index contributed by atoms with van der Waals surface area (Å²) in [4.78, 5) is 25.9. The number of amides is 3. The van der Waals surface area contributed by atoms with Crippen LogP contribution in [0.5, 0.6) is 0 Å². The summed E-state index contributed by atoms with van der Waals surface area (Å²) in [5.41, 5.74) is 0.279. The molecule has 10 heteroatoms. The highest BCUT2D eigenvalue weighted by molar-refractivity contribution is 6.31. The molecule has 32 heavy (non-hydrogen) atoms. The molecule has 1 aliphatic carbocycles. The first-order valence-corrected chi connectivity index (χ1v) is 11.3. The van der Waals surface area contributed by atoms with Crippen LogP contribution in [0.25, 0.3) is 0 Å². The second-order valence-electron chi connectivity index (χ2n) is 8.71. The second kappa shape index (κ2) is 10.3. The van der Waals surface area contributed by atoms with Gasteiger partial charge in [0.1, 0.15) is 5.82 Å². The van der Waals surface area contributed by atoms with E-state index in [2.05, 4.69) is 10.6 Å². The molecule has 3 unspecified atom stereocenters. The van der Waals surface area contributed by atoms with Crippen LogP contribution in [-0.4, -0.2) is 42.1 Å². The largest absolute Gasteiger partial charge is 0.391 e. The number of halogens is 5. The highest BCUT2D eigenvalue weighted by Crippen LogP contribution is 2.45. The Labute approximate surface area is 189 Å². The van der Waals surface area contributed by atoms with Gasteiger partial charge in [-0.05, 0) is 61.8 Å². The van der Waals surface area contributed by atoms with Gasteiger partial charge in [0.25, 0.3) is 0 Å². The SMILES string of the molecule is CC(=O)N1CCC(NC(=O)NC(c2cc(F)ccc2Cl)C2CCCC(C(F)(F)F)C2)CC1. The van der Waals surface area contributed by atoms with E-state index in [1.807, 2.05) is 0 Å². The Kier molecular flexibility index (Phi) is 7.90. The normalized spacial score (nSPS) is 23.5. The smallest absolute Gasteiger partial charge is 0.343 e. The molecule has 3 amide bonds. The van der Waals surface area contributed by atoms with Gasteiger partial charge >= 0.3 is 12.2 Å². The first kappa shape index (κ1) is 24.6. The van der Waals surface area contributed by atoms with Crippen LogP contribution in [0.3, 0.4) is 0 Å². The van der Waals surface area contributed by atoms with Gasteiger partial charge in [0.2, 0.25) is 5.91 Å². The average molecular weight is 478 g/mol. The molecule has 0 bridgehead atoms. The van der Waals surface area contributed by atoms with Crippen LogP contribution >= 0.6 is 11.6 Å². The van der Waals surface area contributed by atoms with Crippen molar-refractivity contribution in [3.63, 3.8) is 0 Å². The molecule has 1 aliphatic heterocycles. The summed E-state index contributed by atoms with van der Waals surface area (Å²) in [7, 11) is 0. The molecule has 2 aliphatic rings. The third kappa shape index (κ3) is 6.27. The third-order valence-electron chi connectivity index (χ3n) is 6.50. The van der Waals surface area contributed by atoms with Crippen LogP contribution < -0.4 is 10.6 Å². The van der Waals surface area contributed by atoms with Crippen molar-refractivity contribution >= 4 is 23.5 Å². The van der Waals surface area contributed by atoms with E-state index >= 15 is 0 Å². The predicted octanol–water partition coefficient (Wildman–Crippen LogP) is 5.20. The number of urea groups is 1. The van der Waals surface area contributed by atoms with Crippen molar-refractivity contribution in [2.24, 2.45) is 11.8 Å². The molecule has 2 N–H and O–H groups in total. The fourth-order valence-corrected chi connectivity index (χ4v) is 4.97. The molecule has 0 radical (unpaired) electrons. The fraction of sp³-hybridized carbons (Fsp3) is 0.636. The molecule has 178 valence electrons. The number of likely N-dealkylation sites (tertiary alicyclic amines) is 1. The Morgan fingerprint density at radius 1 is 1.16 bits per heavy atom. The maximum absolute atomic E-state index is 14.0. The maximum Gasteiger partial charge on any atom is 0.391 e. The summed E-state index contributed by atoms with van der Waals surface area (Å²) in [5.74, 6) is -2.58. The molecule has 2 fully saturated rings. The van der Waals surface area contributed by atoms with Crippen molar-refractivity contribution in [2.45, 2.75) is 63.7 Å². The van der Waals surface area contributed by atoms with E-state index in [4.69, 9.17) is 11.6 Å². The summed E-state index contributed by atoms with van der Waals surface area (Å²) in [6, 6.07) is 2.15. The predicted molar refractivity (Wildman–Crippen MR) is 113 cm³/mol. The Morgan fingerprint density at radius 3 is 2.47 bits per heavy atom. The lowest BCUT2D eigenvalue weighted by Crippen LogP contribution is -2.50. The van der Waals surface area contributed by atoms with Crippen molar-refractivity contribution in [3.05, 3.63) is 34.6 Å². The molecule has 3 atom stereocenters. The quantitative estimate of drug-likeness (QED) is 0.586. The number of hydrogen-bond donors (Lipinski definition) is 2. The van der Waals surface area contributed by atoms with Crippen molar-refractivity contribution < 1.29 is 27.2 Å². The molecule has 1 heterocycles. The lowest BCUT2D eigenvalue weighted by atomic mass is 9.75. The maximum atomic E-state index is 14.0. The van der Waals surface area contributed by atoms with E-state index in [1.54, 1.807) is 4.90 Å². The Morgan fingerprint density at radius 2 is 1.84 bits per heavy atom. The van der Waals surface area contributed by atoms with Crippen LogP contribution in [0.2, 0.25) is 5.02 Å². The Bertz CT molecular complexity index is 828. The minimum atomic E-state index is -4.32. The zero-order valence-corrected chi connectivity index (χ0v) is 18.6. The van der Waals surface area contributed by atoms with E-state index in [-0.39, 0.29) is 35.4 Å². The topological polar surface area (TPSA) is 61.4 Å². The molecule has 3 rings (SSSR count). The van der Waals surface area contributed by atoms with Gasteiger partial charge in [-0.3, -0.25) is 4.79 Å². The van der Waals surface area contributed by atoms with Gasteiger partial charge in [-0.1, -0.05) is 18.0 Å².